The van der Waals surface area contributed by atoms with Gasteiger partial charge in [-0.25, -0.2) is 0 Å². The summed E-state index contributed by atoms with van der Waals surface area (Å²) in [5, 5.41) is 0. The van der Waals surface area contributed by atoms with E-state index in [-0.39, 0.29) is 5.56 Å². The standard InChI is InChI=1S/C14H9F6NO/c1-21-7-6-10(14(18,19)20)11(21)12(22)8-2-4-9(5-3-8)13(15,16)17/h2-7H,1H3. The fourth-order valence-corrected chi connectivity index (χ4v) is 1.99. The first-order chi connectivity index (χ1) is 10.0. The molecule has 2 nitrogen and oxygen atoms in total. The Morgan fingerprint density at radius 1 is 0.909 bits per heavy atom. The largest absolute Gasteiger partial charge is 0.418 e. The van der Waals surface area contributed by atoms with Crippen LogP contribution in [0.1, 0.15) is 27.2 Å². The van der Waals surface area contributed by atoms with Gasteiger partial charge < -0.3 is 4.57 Å². The molecular formula is C14H9F6NO. The number of carbonyl (C=O) groups excluding carboxylic acids is 1. The van der Waals surface area contributed by atoms with Gasteiger partial charge in [0.1, 0.15) is 5.69 Å². The Morgan fingerprint density at radius 2 is 1.45 bits per heavy atom. The molecule has 1 aromatic heterocycles. The molecule has 1 aromatic carbocycles. The maximum atomic E-state index is 12.8. The van der Waals surface area contributed by atoms with Gasteiger partial charge in [-0.05, 0) is 18.2 Å². The van der Waals surface area contributed by atoms with Crippen LogP contribution in [0.5, 0.6) is 0 Å². The lowest BCUT2D eigenvalue weighted by atomic mass is 10.0. The molecule has 1 heterocycles. The van der Waals surface area contributed by atoms with Crippen molar-refractivity contribution in [2.75, 3.05) is 0 Å². The quantitative estimate of drug-likeness (QED) is 0.597. The van der Waals surface area contributed by atoms with Crippen molar-refractivity contribution in [3.05, 3.63) is 58.9 Å². The summed E-state index contributed by atoms with van der Waals surface area (Å²) in [4.78, 5) is 12.2. The molecule has 8 heteroatoms. The molecule has 0 aliphatic rings. The van der Waals surface area contributed by atoms with Crippen molar-refractivity contribution in [2.24, 2.45) is 7.05 Å². The second-order valence-corrected chi connectivity index (χ2v) is 4.59. The SMILES string of the molecule is Cn1ccc(C(F)(F)F)c1C(=O)c1ccc(C(F)(F)F)cc1. The molecule has 0 saturated heterocycles. The third-order valence-corrected chi connectivity index (χ3v) is 3.07. The maximum Gasteiger partial charge on any atom is 0.418 e. The van der Waals surface area contributed by atoms with Crippen molar-refractivity contribution >= 4 is 5.78 Å². The number of alkyl halides is 6. The van der Waals surface area contributed by atoms with E-state index in [1.54, 1.807) is 0 Å². The number of ketones is 1. The molecule has 0 aliphatic heterocycles. The molecule has 2 aromatic rings. The number of benzene rings is 1. The minimum absolute atomic E-state index is 0.250. The van der Waals surface area contributed by atoms with Gasteiger partial charge in [0.2, 0.25) is 5.78 Å². The number of halogens is 6. The van der Waals surface area contributed by atoms with E-state index in [9.17, 15) is 31.1 Å². The number of nitrogens with zero attached hydrogens (tertiary/aromatic N) is 1. The molecule has 0 saturated carbocycles. The highest BCUT2D eigenvalue weighted by molar-refractivity contribution is 6.09. The minimum Gasteiger partial charge on any atom is -0.347 e. The number of rotatable bonds is 2. The van der Waals surface area contributed by atoms with Crippen molar-refractivity contribution in [3.8, 4) is 0 Å². The average Bonchev–Trinajstić information content (AvgIpc) is 2.79. The Morgan fingerprint density at radius 3 is 1.91 bits per heavy atom. The van der Waals surface area contributed by atoms with Crippen LogP contribution in [0.3, 0.4) is 0 Å². The van der Waals surface area contributed by atoms with E-state index in [1.807, 2.05) is 0 Å². The molecule has 0 aliphatic carbocycles. The first-order valence-electron chi connectivity index (χ1n) is 5.96. The molecule has 118 valence electrons. The van der Waals surface area contributed by atoms with Crippen LogP contribution >= 0.6 is 0 Å². The molecule has 0 radical (unpaired) electrons. The highest BCUT2D eigenvalue weighted by Crippen LogP contribution is 2.34. The lowest BCUT2D eigenvalue weighted by Crippen LogP contribution is -2.15. The predicted octanol–water partition coefficient (Wildman–Crippen LogP) is 4.29. The van der Waals surface area contributed by atoms with Gasteiger partial charge in [-0.15, -0.1) is 0 Å². The van der Waals surface area contributed by atoms with Gasteiger partial charge in [-0.3, -0.25) is 4.79 Å². The Kier molecular flexibility index (Phi) is 3.80. The van der Waals surface area contributed by atoms with E-state index in [1.165, 1.54) is 7.05 Å². The van der Waals surface area contributed by atoms with E-state index >= 15 is 0 Å². The van der Waals surface area contributed by atoms with Gasteiger partial charge in [-0.1, -0.05) is 12.1 Å². The first-order valence-corrected chi connectivity index (χ1v) is 5.96. The van der Waals surface area contributed by atoms with Crippen LogP contribution in [0.4, 0.5) is 26.3 Å². The third kappa shape index (κ3) is 3.00. The first kappa shape index (κ1) is 16.1. The van der Waals surface area contributed by atoms with Crippen LogP contribution in [0, 0.1) is 0 Å². The summed E-state index contributed by atoms with van der Waals surface area (Å²) in [6, 6.07) is 3.78. The average molecular weight is 321 g/mol. The topological polar surface area (TPSA) is 22.0 Å². The number of aryl methyl sites for hydroxylation is 1. The summed E-state index contributed by atoms with van der Waals surface area (Å²) in [7, 11) is 1.26. The van der Waals surface area contributed by atoms with E-state index in [0.29, 0.717) is 12.1 Å². The number of hydrogen-bond acceptors (Lipinski definition) is 1. The van der Waals surface area contributed by atoms with Crippen LogP contribution in [0.15, 0.2) is 36.5 Å². The van der Waals surface area contributed by atoms with Gasteiger partial charge in [0.05, 0.1) is 11.1 Å². The van der Waals surface area contributed by atoms with E-state index in [4.69, 9.17) is 0 Å². The van der Waals surface area contributed by atoms with Crippen molar-refractivity contribution in [3.63, 3.8) is 0 Å². The fraction of sp³-hybridized carbons (Fsp3) is 0.214. The molecule has 0 bridgehead atoms. The van der Waals surface area contributed by atoms with Crippen LogP contribution < -0.4 is 0 Å². The zero-order chi connectivity index (χ0) is 16.7. The van der Waals surface area contributed by atoms with E-state index in [0.717, 1.165) is 29.0 Å². The Hall–Kier alpha value is -2.25. The molecule has 0 atom stereocenters. The highest BCUT2D eigenvalue weighted by Gasteiger charge is 2.37. The van der Waals surface area contributed by atoms with Crippen molar-refractivity contribution in [1.29, 1.82) is 0 Å². The van der Waals surface area contributed by atoms with Crippen LogP contribution in [-0.2, 0) is 19.4 Å². The summed E-state index contributed by atoms with van der Waals surface area (Å²) in [5.41, 5.74) is -2.97. The molecule has 22 heavy (non-hydrogen) atoms. The molecule has 0 N–H and O–H groups in total. The summed E-state index contributed by atoms with van der Waals surface area (Å²) in [6.07, 6.45) is -8.23. The second-order valence-electron chi connectivity index (χ2n) is 4.59. The molecule has 0 unspecified atom stereocenters. The minimum atomic E-state index is -4.72. The number of hydrogen-bond donors (Lipinski definition) is 0. The second kappa shape index (κ2) is 5.19. The summed E-state index contributed by atoms with van der Waals surface area (Å²) in [5.74, 6) is -0.992. The van der Waals surface area contributed by atoms with Crippen LogP contribution in [0.25, 0.3) is 0 Å². The van der Waals surface area contributed by atoms with Crippen molar-refractivity contribution < 1.29 is 31.1 Å². The molecular weight excluding hydrogens is 312 g/mol. The van der Waals surface area contributed by atoms with Crippen molar-refractivity contribution in [2.45, 2.75) is 12.4 Å². The molecule has 0 spiro atoms. The van der Waals surface area contributed by atoms with Gasteiger partial charge in [0, 0.05) is 18.8 Å². The van der Waals surface area contributed by atoms with Crippen molar-refractivity contribution in [1.82, 2.24) is 4.57 Å². The zero-order valence-corrected chi connectivity index (χ0v) is 11.1. The van der Waals surface area contributed by atoms with Gasteiger partial charge in [0.15, 0.2) is 0 Å². The lowest BCUT2D eigenvalue weighted by Gasteiger charge is -2.11. The highest BCUT2D eigenvalue weighted by atomic mass is 19.4. The van der Waals surface area contributed by atoms with E-state index < -0.39 is 35.0 Å². The Bertz CT molecular complexity index is 694. The monoisotopic (exact) mass is 321 g/mol. The smallest absolute Gasteiger partial charge is 0.347 e. The predicted molar refractivity (Wildman–Crippen MR) is 65.3 cm³/mol. The zero-order valence-electron chi connectivity index (χ0n) is 11.1. The summed E-state index contributed by atoms with van der Waals surface area (Å²) < 4.78 is 76.8. The van der Waals surface area contributed by atoms with Crippen LogP contribution in [-0.4, -0.2) is 10.4 Å². The fourth-order valence-electron chi connectivity index (χ4n) is 1.99. The number of aromatic nitrogens is 1. The van der Waals surface area contributed by atoms with Gasteiger partial charge in [-0.2, -0.15) is 26.3 Å². The number of carbonyl (C=O) groups is 1. The van der Waals surface area contributed by atoms with Gasteiger partial charge in [0.25, 0.3) is 0 Å². The molecule has 0 amide bonds. The van der Waals surface area contributed by atoms with Crippen LogP contribution in [0.2, 0.25) is 0 Å². The molecule has 0 fully saturated rings. The van der Waals surface area contributed by atoms with E-state index in [2.05, 4.69) is 0 Å². The van der Waals surface area contributed by atoms with Gasteiger partial charge >= 0.3 is 12.4 Å². The lowest BCUT2D eigenvalue weighted by molar-refractivity contribution is -0.138. The normalized spacial score (nSPS) is 12.5. The summed E-state index contributed by atoms with van der Waals surface area (Å²) in [6.45, 7) is 0. The Balaban J connectivity index is 2.43. The Labute approximate surface area is 121 Å². The maximum absolute atomic E-state index is 12.8. The third-order valence-electron chi connectivity index (χ3n) is 3.07. The summed E-state index contributed by atoms with van der Waals surface area (Å²) >= 11 is 0. The molecule has 2 rings (SSSR count).